The number of rotatable bonds is 3. The van der Waals surface area contributed by atoms with Gasteiger partial charge in [-0.15, -0.1) is 21.6 Å². The molecule has 0 spiro atoms. The molecule has 0 saturated heterocycles. The molecule has 0 saturated carbocycles. The van der Waals surface area contributed by atoms with E-state index in [9.17, 15) is 14.7 Å². The minimum absolute atomic E-state index is 0.162. The molecule has 0 aliphatic heterocycles. The first-order valence-electron chi connectivity index (χ1n) is 8.56. The highest BCUT2D eigenvalue weighted by molar-refractivity contribution is 7.18. The van der Waals surface area contributed by atoms with Crippen LogP contribution in [-0.2, 0) is 11.3 Å². The van der Waals surface area contributed by atoms with Crippen LogP contribution >= 0.6 is 11.3 Å². The summed E-state index contributed by atoms with van der Waals surface area (Å²) in [6.45, 7) is 5.42. The van der Waals surface area contributed by atoms with E-state index in [2.05, 4.69) is 20.2 Å². The molecular weight excluding hydrogens is 378 g/mol. The summed E-state index contributed by atoms with van der Waals surface area (Å²) in [5.74, 6) is -0.778. The molecule has 0 unspecified atom stereocenters. The van der Waals surface area contributed by atoms with Crippen molar-refractivity contribution < 1.29 is 9.90 Å². The number of H-pyrrole nitrogens is 1. The second-order valence-corrected chi connectivity index (χ2v) is 7.76. The highest BCUT2D eigenvalue weighted by Crippen LogP contribution is 2.36. The molecule has 9 heteroatoms. The third-order valence-corrected chi connectivity index (χ3v) is 5.83. The number of hydrogen-bond donors (Lipinski definition) is 2. The second kappa shape index (κ2) is 6.68. The number of fused-ring (bicyclic) bond motifs is 2. The molecule has 0 bridgehead atoms. The number of aromatic amines is 1. The third-order valence-electron chi connectivity index (χ3n) is 4.72. The summed E-state index contributed by atoms with van der Waals surface area (Å²) in [5, 5.41) is 18.8. The quantitative estimate of drug-likeness (QED) is 0.513. The van der Waals surface area contributed by atoms with Crippen molar-refractivity contribution in [3.8, 4) is 5.88 Å². The first kappa shape index (κ1) is 18.1. The van der Waals surface area contributed by atoms with Crippen LogP contribution in [0, 0.1) is 20.8 Å². The van der Waals surface area contributed by atoms with Crippen LogP contribution in [0.5, 0.6) is 5.88 Å². The molecule has 2 N–H and O–H groups in total. The molecule has 0 radical (unpaired) electrons. The van der Waals surface area contributed by atoms with E-state index < -0.39 is 5.91 Å². The molecule has 0 aliphatic rings. The van der Waals surface area contributed by atoms with E-state index in [1.807, 2.05) is 32.9 Å². The topological polar surface area (TPSA) is 113 Å². The SMILES string of the molecule is Cc1sc2ncn(CC(=O)N=Nc3c(O)[nH]c4c(C)cccc34)c(=O)c2c1C. The summed E-state index contributed by atoms with van der Waals surface area (Å²) in [5.41, 5.74) is 2.46. The number of para-hydroxylation sites is 1. The van der Waals surface area contributed by atoms with Gasteiger partial charge in [-0.05, 0) is 31.9 Å². The Morgan fingerprint density at radius 2 is 2.11 bits per heavy atom. The lowest BCUT2D eigenvalue weighted by molar-refractivity contribution is -0.118. The van der Waals surface area contributed by atoms with Gasteiger partial charge in [0, 0.05) is 10.3 Å². The van der Waals surface area contributed by atoms with Crippen LogP contribution in [0.3, 0.4) is 0 Å². The Morgan fingerprint density at radius 3 is 2.89 bits per heavy atom. The second-order valence-electron chi connectivity index (χ2n) is 6.55. The fourth-order valence-corrected chi connectivity index (χ4v) is 4.09. The van der Waals surface area contributed by atoms with Gasteiger partial charge in [0.15, 0.2) is 5.69 Å². The normalized spacial score (nSPS) is 11.8. The Hall–Kier alpha value is -3.33. The Morgan fingerprint density at radius 1 is 1.32 bits per heavy atom. The number of benzene rings is 1. The average molecular weight is 395 g/mol. The summed E-state index contributed by atoms with van der Waals surface area (Å²) in [6, 6.07) is 5.51. The molecule has 8 nitrogen and oxygen atoms in total. The Kier molecular flexibility index (Phi) is 4.31. The summed E-state index contributed by atoms with van der Waals surface area (Å²) >= 11 is 1.45. The van der Waals surface area contributed by atoms with E-state index in [1.165, 1.54) is 22.2 Å². The molecule has 1 amide bonds. The summed E-state index contributed by atoms with van der Waals surface area (Å²) < 4.78 is 1.22. The van der Waals surface area contributed by atoms with Crippen molar-refractivity contribution in [3.05, 3.63) is 50.9 Å². The molecule has 1 aromatic carbocycles. The van der Waals surface area contributed by atoms with E-state index in [0.717, 1.165) is 21.5 Å². The maximum Gasteiger partial charge on any atom is 0.284 e. The van der Waals surface area contributed by atoms with Crippen molar-refractivity contribution in [2.45, 2.75) is 27.3 Å². The maximum atomic E-state index is 12.7. The van der Waals surface area contributed by atoms with Gasteiger partial charge in [0.1, 0.15) is 11.4 Å². The zero-order chi connectivity index (χ0) is 20.0. The van der Waals surface area contributed by atoms with Gasteiger partial charge in [-0.1, -0.05) is 18.2 Å². The van der Waals surface area contributed by atoms with Crippen molar-refractivity contribution >= 4 is 44.1 Å². The fourth-order valence-electron chi connectivity index (χ4n) is 3.10. The smallest absolute Gasteiger partial charge is 0.284 e. The van der Waals surface area contributed by atoms with Crippen molar-refractivity contribution in [1.82, 2.24) is 14.5 Å². The first-order chi connectivity index (χ1) is 13.4. The Labute approximate surface area is 163 Å². The molecule has 142 valence electrons. The number of azo groups is 1. The fraction of sp³-hybridized carbons (Fsp3) is 0.211. The van der Waals surface area contributed by atoms with E-state index in [4.69, 9.17) is 0 Å². The van der Waals surface area contributed by atoms with Crippen molar-refractivity contribution in [2.75, 3.05) is 0 Å². The molecule has 3 aromatic heterocycles. The zero-order valence-corrected chi connectivity index (χ0v) is 16.3. The number of aromatic nitrogens is 3. The average Bonchev–Trinajstić information content (AvgIpc) is 3.13. The van der Waals surface area contributed by atoms with Gasteiger partial charge in [0.25, 0.3) is 11.5 Å². The summed E-state index contributed by atoms with van der Waals surface area (Å²) in [4.78, 5) is 33.7. The van der Waals surface area contributed by atoms with Crippen LogP contribution in [0.4, 0.5) is 5.69 Å². The summed E-state index contributed by atoms with van der Waals surface area (Å²) in [6.07, 6.45) is 1.35. The minimum atomic E-state index is -0.616. The number of hydrogen-bond acceptors (Lipinski definition) is 6. The largest absolute Gasteiger partial charge is 0.493 e. The third kappa shape index (κ3) is 2.89. The van der Waals surface area contributed by atoms with Gasteiger partial charge < -0.3 is 10.1 Å². The van der Waals surface area contributed by atoms with Crippen molar-refractivity contribution in [2.24, 2.45) is 10.2 Å². The highest BCUT2D eigenvalue weighted by Gasteiger charge is 2.15. The molecular formula is C19H17N5O3S. The van der Waals surface area contributed by atoms with Gasteiger partial charge >= 0.3 is 0 Å². The molecule has 3 heterocycles. The number of aromatic hydroxyl groups is 1. The lowest BCUT2D eigenvalue weighted by atomic mass is 10.1. The van der Waals surface area contributed by atoms with Crippen LogP contribution in [0.25, 0.3) is 21.1 Å². The minimum Gasteiger partial charge on any atom is -0.493 e. The van der Waals surface area contributed by atoms with Gasteiger partial charge in [0.05, 0.1) is 17.2 Å². The van der Waals surface area contributed by atoms with Crippen molar-refractivity contribution in [3.63, 3.8) is 0 Å². The summed E-state index contributed by atoms with van der Waals surface area (Å²) in [7, 11) is 0. The van der Waals surface area contributed by atoms with Gasteiger partial charge in [-0.25, -0.2) is 4.98 Å². The predicted octanol–water partition coefficient (Wildman–Crippen LogP) is 3.88. The van der Waals surface area contributed by atoms with Crippen LogP contribution < -0.4 is 5.56 Å². The number of nitrogens with zero attached hydrogens (tertiary/aromatic N) is 4. The molecule has 4 aromatic rings. The van der Waals surface area contributed by atoms with E-state index >= 15 is 0 Å². The van der Waals surface area contributed by atoms with Crippen LogP contribution in [0.15, 0.2) is 39.5 Å². The van der Waals surface area contributed by atoms with Crippen molar-refractivity contribution in [1.29, 1.82) is 0 Å². The lowest BCUT2D eigenvalue weighted by Gasteiger charge is -2.01. The van der Waals surface area contributed by atoms with Crippen LogP contribution in [0.2, 0.25) is 0 Å². The standard InChI is InChI=1S/C19H17N5O3S/c1-9-5-4-6-12-15(9)21-17(26)16(12)23-22-13(25)7-24-8-20-18-14(19(24)27)10(2)11(3)28-18/h4-6,8,21,26H,7H2,1-3H3. The number of amides is 1. The number of carbonyl (C=O) groups is 1. The molecule has 0 fully saturated rings. The monoisotopic (exact) mass is 395 g/mol. The molecule has 0 aliphatic carbocycles. The van der Waals surface area contributed by atoms with Gasteiger partial charge in [-0.3, -0.25) is 14.2 Å². The van der Waals surface area contributed by atoms with Gasteiger partial charge in [-0.2, -0.15) is 0 Å². The lowest BCUT2D eigenvalue weighted by Crippen LogP contribution is -2.23. The van der Waals surface area contributed by atoms with E-state index in [1.54, 1.807) is 6.07 Å². The predicted molar refractivity (Wildman–Crippen MR) is 108 cm³/mol. The van der Waals surface area contributed by atoms with Gasteiger partial charge in [0.2, 0.25) is 5.88 Å². The van der Waals surface area contributed by atoms with Crippen LogP contribution in [0.1, 0.15) is 16.0 Å². The number of carbonyl (C=O) groups excluding carboxylic acids is 1. The Bertz CT molecular complexity index is 1330. The number of thiophene rings is 1. The molecule has 0 atom stereocenters. The first-order valence-corrected chi connectivity index (χ1v) is 9.38. The highest BCUT2D eigenvalue weighted by atomic mass is 32.1. The molecule has 4 rings (SSSR count). The number of aryl methyl sites for hydroxylation is 3. The number of nitrogens with one attached hydrogen (secondary N) is 1. The van der Waals surface area contributed by atoms with E-state index in [-0.39, 0.29) is 23.7 Å². The zero-order valence-electron chi connectivity index (χ0n) is 15.5. The maximum absolute atomic E-state index is 12.7. The van der Waals surface area contributed by atoms with Crippen LogP contribution in [-0.4, -0.2) is 25.5 Å². The van der Waals surface area contributed by atoms with E-state index in [0.29, 0.717) is 15.6 Å². The molecule has 28 heavy (non-hydrogen) atoms. The Balaban J connectivity index is 1.64.